The Morgan fingerprint density at radius 2 is 2.00 bits per heavy atom. The third-order valence-corrected chi connectivity index (χ3v) is 3.64. The third-order valence-electron chi connectivity index (χ3n) is 3.64. The molecule has 1 aliphatic rings. The van der Waals surface area contributed by atoms with Crippen molar-refractivity contribution in [2.75, 3.05) is 37.7 Å². The van der Waals surface area contributed by atoms with Crippen molar-refractivity contribution < 1.29 is 14.6 Å². The number of amides is 1. The molecule has 0 atom stereocenters. The Morgan fingerprint density at radius 3 is 2.58 bits per heavy atom. The number of aromatic nitrogens is 2. The zero-order valence-corrected chi connectivity index (χ0v) is 14.5. The molecule has 24 heavy (non-hydrogen) atoms. The number of carbonyl (C=O) groups is 1. The van der Waals surface area contributed by atoms with E-state index in [2.05, 4.69) is 9.97 Å². The molecule has 8 heteroatoms. The highest BCUT2D eigenvalue weighted by atomic mass is 16.6. The number of aromatic amines is 1. The van der Waals surface area contributed by atoms with Gasteiger partial charge >= 0.3 is 6.09 Å². The monoisotopic (exact) mass is 338 g/mol. The Kier molecular flexibility index (Phi) is 5.82. The van der Waals surface area contributed by atoms with Gasteiger partial charge in [-0.15, -0.1) is 0 Å². The number of aliphatic hydroxyl groups is 1. The fourth-order valence-electron chi connectivity index (χ4n) is 2.46. The van der Waals surface area contributed by atoms with Crippen LogP contribution in [-0.4, -0.2) is 64.5 Å². The minimum atomic E-state index is -0.520. The number of hydrogen-bond donors (Lipinski definition) is 2. The van der Waals surface area contributed by atoms with Gasteiger partial charge in [-0.3, -0.25) is 4.79 Å². The van der Waals surface area contributed by atoms with E-state index in [9.17, 15) is 9.59 Å². The molecule has 0 saturated carbocycles. The number of nitrogens with zero attached hydrogens (tertiary/aromatic N) is 3. The minimum Gasteiger partial charge on any atom is -0.444 e. The van der Waals surface area contributed by atoms with E-state index in [4.69, 9.17) is 9.84 Å². The van der Waals surface area contributed by atoms with Crippen molar-refractivity contribution in [3.8, 4) is 0 Å². The van der Waals surface area contributed by atoms with E-state index in [1.165, 1.54) is 0 Å². The zero-order valence-electron chi connectivity index (χ0n) is 14.5. The molecule has 2 rings (SSSR count). The quantitative estimate of drug-likeness (QED) is 0.841. The van der Waals surface area contributed by atoms with Gasteiger partial charge in [-0.1, -0.05) is 0 Å². The first-order valence-corrected chi connectivity index (χ1v) is 8.22. The lowest BCUT2D eigenvalue weighted by molar-refractivity contribution is 0.0240. The summed E-state index contributed by atoms with van der Waals surface area (Å²) in [6.45, 7) is 7.61. The molecule has 1 aromatic heterocycles. The van der Waals surface area contributed by atoms with E-state index in [1.54, 1.807) is 11.1 Å². The summed E-state index contributed by atoms with van der Waals surface area (Å²) >= 11 is 0. The Morgan fingerprint density at radius 1 is 1.33 bits per heavy atom. The second-order valence-corrected chi connectivity index (χ2v) is 6.83. The fraction of sp³-hybridized carbons (Fsp3) is 0.688. The highest BCUT2D eigenvalue weighted by Gasteiger charge is 2.27. The smallest absolute Gasteiger partial charge is 0.410 e. The van der Waals surface area contributed by atoms with Crippen LogP contribution in [0.2, 0.25) is 0 Å². The average Bonchev–Trinajstić information content (AvgIpc) is 2.52. The summed E-state index contributed by atoms with van der Waals surface area (Å²) in [7, 11) is 0. The SMILES string of the molecule is CC(C)(C)OC(=O)N1CCN(c2nc(CCCO)c[nH]c2=O)CC1. The summed E-state index contributed by atoms with van der Waals surface area (Å²) in [6, 6.07) is 0. The van der Waals surface area contributed by atoms with E-state index in [1.807, 2.05) is 25.7 Å². The molecule has 1 saturated heterocycles. The van der Waals surface area contributed by atoms with E-state index in [-0.39, 0.29) is 18.3 Å². The van der Waals surface area contributed by atoms with E-state index in [0.717, 1.165) is 5.69 Å². The maximum Gasteiger partial charge on any atom is 0.410 e. The van der Waals surface area contributed by atoms with Crippen molar-refractivity contribution in [2.45, 2.75) is 39.2 Å². The molecule has 1 amide bonds. The van der Waals surface area contributed by atoms with E-state index in [0.29, 0.717) is 44.8 Å². The summed E-state index contributed by atoms with van der Waals surface area (Å²) in [5, 5.41) is 8.90. The number of carbonyl (C=O) groups excluding carboxylic acids is 1. The van der Waals surface area contributed by atoms with Crippen molar-refractivity contribution in [3.05, 3.63) is 22.2 Å². The lowest BCUT2D eigenvalue weighted by atomic mass is 10.2. The topological polar surface area (TPSA) is 98.8 Å². The molecule has 0 aliphatic carbocycles. The van der Waals surface area contributed by atoms with Gasteiger partial charge in [0.05, 0.1) is 5.69 Å². The summed E-state index contributed by atoms with van der Waals surface area (Å²) < 4.78 is 5.37. The van der Waals surface area contributed by atoms with Crippen LogP contribution in [0.5, 0.6) is 0 Å². The molecule has 134 valence electrons. The maximum absolute atomic E-state index is 12.1. The van der Waals surface area contributed by atoms with Crippen molar-refractivity contribution in [2.24, 2.45) is 0 Å². The number of hydrogen-bond acceptors (Lipinski definition) is 6. The number of nitrogens with one attached hydrogen (secondary N) is 1. The van der Waals surface area contributed by atoms with Crippen LogP contribution in [0.25, 0.3) is 0 Å². The second kappa shape index (κ2) is 7.65. The Hall–Kier alpha value is -2.09. The standard InChI is InChI=1S/C16H26N4O4/c1-16(2,3)24-15(23)20-8-6-19(7-9-20)13-14(22)17-11-12(18-13)5-4-10-21/h11,21H,4-10H2,1-3H3,(H,17,22). The molecular weight excluding hydrogens is 312 g/mol. The summed E-state index contributed by atoms with van der Waals surface area (Å²) in [5.74, 6) is 0.370. The highest BCUT2D eigenvalue weighted by Crippen LogP contribution is 2.14. The van der Waals surface area contributed by atoms with Crippen molar-refractivity contribution in [1.82, 2.24) is 14.9 Å². The van der Waals surface area contributed by atoms with Crippen LogP contribution in [0, 0.1) is 0 Å². The van der Waals surface area contributed by atoms with Crippen LogP contribution in [0.4, 0.5) is 10.6 Å². The van der Waals surface area contributed by atoms with Crippen LogP contribution in [0.1, 0.15) is 32.9 Å². The van der Waals surface area contributed by atoms with Gasteiger partial charge in [0.15, 0.2) is 5.82 Å². The number of piperazine rings is 1. The number of rotatable bonds is 4. The Balaban J connectivity index is 1.99. The first kappa shape index (κ1) is 18.3. The molecular formula is C16H26N4O4. The number of ether oxygens (including phenoxy) is 1. The van der Waals surface area contributed by atoms with Gasteiger partial charge in [0.25, 0.3) is 5.56 Å². The van der Waals surface area contributed by atoms with E-state index < -0.39 is 5.60 Å². The van der Waals surface area contributed by atoms with Crippen LogP contribution in [-0.2, 0) is 11.2 Å². The Labute approximate surface area is 141 Å². The van der Waals surface area contributed by atoms with Gasteiger partial charge < -0.3 is 24.6 Å². The van der Waals surface area contributed by atoms with Gasteiger partial charge in [0.1, 0.15) is 5.60 Å². The lowest BCUT2D eigenvalue weighted by Crippen LogP contribution is -2.51. The first-order chi connectivity index (χ1) is 11.3. The van der Waals surface area contributed by atoms with Crippen LogP contribution < -0.4 is 10.5 Å². The number of aliphatic hydroxyl groups excluding tert-OH is 1. The average molecular weight is 338 g/mol. The van der Waals surface area contributed by atoms with Gasteiger partial charge in [-0.05, 0) is 33.6 Å². The van der Waals surface area contributed by atoms with Crippen LogP contribution in [0.15, 0.2) is 11.0 Å². The fourth-order valence-corrected chi connectivity index (χ4v) is 2.46. The molecule has 0 bridgehead atoms. The molecule has 2 heterocycles. The molecule has 1 aromatic rings. The molecule has 2 N–H and O–H groups in total. The molecule has 0 radical (unpaired) electrons. The summed E-state index contributed by atoms with van der Waals surface area (Å²) in [6.07, 6.45) is 2.46. The zero-order chi connectivity index (χ0) is 17.7. The Bertz CT molecular complexity index is 615. The third kappa shape index (κ3) is 4.95. The predicted molar refractivity (Wildman–Crippen MR) is 90.3 cm³/mol. The van der Waals surface area contributed by atoms with Gasteiger partial charge in [-0.25, -0.2) is 9.78 Å². The second-order valence-electron chi connectivity index (χ2n) is 6.83. The van der Waals surface area contributed by atoms with Crippen LogP contribution in [0.3, 0.4) is 0 Å². The highest BCUT2D eigenvalue weighted by molar-refractivity contribution is 5.68. The number of anilines is 1. The van der Waals surface area contributed by atoms with Crippen molar-refractivity contribution in [1.29, 1.82) is 0 Å². The maximum atomic E-state index is 12.1. The van der Waals surface area contributed by atoms with Crippen molar-refractivity contribution >= 4 is 11.9 Å². The molecule has 0 spiro atoms. The minimum absolute atomic E-state index is 0.0880. The van der Waals surface area contributed by atoms with Crippen molar-refractivity contribution in [3.63, 3.8) is 0 Å². The normalized spacial score (nSPS) is 15.5. The molecule has 1 fully saturated rings. The van der Waals surface area contributed by atoms with Gasteiger partial charge in [-0.2, -0.15) is 0 Å². The number of H-pyrrole nitrogens is 1. The molecule has 8 nitrogen and oxygen atoms in total. The first-order valence-electron chi connectivity index (χ1n) is 8.22. The van der Waals surface area contributed by atoms with E-state index >= 15 is 0 Å². The molecule has 1 aliphatic heterocycles. The van der Waals surface area contributed by atoms with Crippen LogP contribution >= 0.6 is 0 Å². The number of aryl methyl sites for hydroxylation is 1. The predicted octanol–water partition coefficient (Wildman–Crippen LogP) is 0.752. The van der Waals surface area contributed by atoms with Gasteiger partial charge in [0.2, 0.25) is 0 Å². The lowest BCUT2D eigenvalue weighted by Gasteiger charge is -2.35. The molecule has 0 aromatic carbocycles. The summed E-state index contributed by atoms with van der Waals surface area (Å²) in [5.41, 5.74) is -0.0183. The largest absolute Gasteiger partial charge is 0.444 e. The summed E-state index contributed by atoms with van der Waals surface area (Å²) in [4.78, 5) is 34.7. The van der Waals surface area contributed by atoms with Gasteiger partial charge in [0, 0.05) is 39.0 Å². The molecule has 0 unspecified atom stereocenters.